The van der Waals surface area contributed by atoms with Crippen LogP contribution in [-0.4, -0.2) is 49.0 Å². The lowest BCUT2D eigenvalue weighted by Gasteiger charge is -2.27. The fourth-order valence-electron chi connectivity index (χ4n) is 4.47. The lowest BCUT2D eigenvalue weighted by molar-refractivity contribution is -0.126. The summed E-state index contributed by atoms with van der Waals surface area (Å²) in [5, 5.41) is 0. The number of carbonyl (C=O) groups is 2. The third-order valence-corrected chi connectivity index (χ3v) is 6.32. The second-order valence-electron chi connectivity index (χ2n) is 8.26. The van der Waals surface area contributed by atoms with Gasteiger partial charge in [0.2, 0.25) is 5.91 Å². The number of likely N-dealkylation sites (tertiary alicyclic amines) is 1. The quantitative estimate of drug-likeness (QED) is 0.602. The van der Waals surface area contributed by atoms with E-state index in [4.69, 9.17) is 15.2 Å². The Labute approximate surface area is 193 Å². The summed E-state index contributed by atoms with van der Waals surface area (Å²) in [5.41, 5.74) is 8.45. The first-order valence-corrected chi connectivity index (χ1v) is 10.8. The molecule has 2 heterocycles. The number of carbonyl (C=O) groups excluding carboxylic acids is 2. The molecule has 1 aromatic heterocycles. The molecule has 170 valence electrons. The Morgan fingerprint density at radius 1 is 1.09 bits per heavy atom. The number of nitrogens with two attached hydrogens (primary N) is 1. The van der Waals surface area contributed by atoms with Crippen molar-refractivity contribution in [1.82, 2.24) is 9.88 Å². The molecular formula is C26H27N3O4. The van der Waals surface area contributed by atoms with Gasteiger partial charge in [0.15, 0.2) is 0 Å². The Morgan fingerprint density at radius 2 is 1.91 bits per heavy atom. The molecule has 0 radical (unpaired) electrons. The first-order valence-electron chi connectivity index (χ1n) is 10.8. The van der Waals surface area contributed by atoms with Crippen LogP contribution in [0.5, 0.6) is 11.5 Å². The van der Waals surface area contributed by atoms with Crippen molar-refractivity contribution >= 4 is 11.8 Å². The second-order valence-corrected chi connectivity index (χ2v) is 8.26. The van der Waals surface area contributed by atoms with Crippen LogP contribution in [0.1, 0.15) is 22.3 Å². The number of aromatic nitrogens is 1. The van der Waals surface area contributed by atoms with Crippen LogP contribution in [0.25, 0.3) is 11.1 Å². The van der Waals surface area contributed by atoms with Crippen molar-refractivity contribution in [3.63, 3.8) is 0 Å². The Hall–Kier alpha value is -3.87. The first-order chi connectivity index (χ1) is 16.0. The SMILES string of the molecule is COc1ccc(OC)c(C(=O)N2CC[C@@](Cc3ccccc3-c3cccnc3)(C(N)=O)C2)c1. The largest absolute Gasteiger partial charge is 0.497 e. The average molecular weight is 446 g/mol. The van der Waals surface area contributed by atoms with Crippen LogP contribution >= 0.6 is 0 Å². The zero-order chi connectivity index (χ0) is 23.4. The molecule has 2 aromatic carbocycles. The number of benzene rings is 2. The molecule has 7 heteroatoms. The molecule has 0 saturated carbocycles. The summed E-state index contributed by atoms with van der Waals surface area (Å²) >= 11 is 0. The molecule has 0 aliphatic carbocycles. The molecule has 1 fully saturated rings. The zero-order valence-electron chi connectivity index (χ0n) is 18.8. The number of hydrogen-bond donors (Lipinski definition) is 1. The predicted molar refractivity (Wildman–Crippen MR) is 125 cm³/mol. The molecule has 2 N–H and O–H groups in total. The van der Waals surface area contributed by atoms with Crippen molar-refractivity contribution in [1.29, 1.82) is 0 Å². The highest BCUT2D eigenvalue weighted by Gasteiger charge is 2.45. The van der Waals surface area contributed by atoms with Gasteiger partial charge in [-0.15, -0.1) is 0 Å². The minimum Gasteiger partial charge on any atom is -0.497 e. The van der Waals surface area contributed by atoms with E-state index in [1.807, 2.05) is 36.4 Å². The monoisotopic (exact) mass is 445 g/mol. The molecule has 3 aromatic rings. The normalized spacial score (nSPS) is 17.6. The van der Waals surface area contributed by atoms with E-state index in [-0.39, 0.29) is 12.5 Å². The molecule has 0 spiro atoms. The third-order valence-electron chi connectivity index (χ3n) is 6.32. The van der Waals surface area contributed by atoms with Crippen LogP contribution in [-0.2, 0) is 11.2 Å². The van der Waals surface area contributed by atoms with Gasteiger partial charge in [0.05, 0.1) is 25.2 Å². The molecule has 1 aliphatic rings. The predicted octanol–water partition coefficient (Wildman–Crippen LogP) is 3.33. The van der Waals surface area contributed by atoms with Gasteiger partial charge in [-0.05, 0) is 48.2 Å². The average Bonchev–Trinajstić information content (AvgIpc) is 3.29. The standard InChI is InChI=1S/C26H27N3O4/c1-32-20-9-10-23(33-2)22(14-20)24(30)29-13-11-26(17-29,25(27)31)15-18-6-3-4-8-21(18)19-7-5-12-28-16-19/h3-10,12,14,16H,11,13,15,17H2,1-2H3,(H2,27,31)/t26-/m0/s1. The second kappa shape index (κ2) is 9.32. The number of pyridine rings is 1. The molecule has 1 atom stereocenters. The van der Waals surface area contributed by atoms with Crippen LogP contribution in [0.15, 0.2) is 67.0 Å². The van der Waals surface area contributed by atoms with E-state index in [9.17, 15) is 9.59 Å². The van der Waals surface area contributed by atoms with Crippen molar-refractivity contribution in [3.05, 3.63) is 78.1 Å². The Kier molecular flexibility index (Phi) is 6.31. The fraction of sp³-hybridized carbons (Fsp3) is 0.269. The van der Waals surface area contributed by atoms with E-state index >= 15 is 0 Å². The highest BCUT2D eigenvalue weighted by molar-refractivity contribution is 5.98. The summed E-state index contributed by atoms with van der Waals surface area (Å²) in [7, 11) is 3.06. The lowest BCUT2D eigenvalue weighted by atomic mass is 9.78. The Morgan fingerprint density at radius 3 is 2.61 bits per heavy atom. The molecule has 2 amide bonds. The summed E-state index contributed by atoms with van der Waals surface area (Å²) in [6.07, 6.45) is 4.45. The molecular weight excluding hydrogens is 418 g/mol. The van der Waals surface area contributed by atoms with Gasteiger partial charge in [0.1, 0.15) is 11.5 Å². The Bertz CT molecular complexity index is 1170. The smallest absolute Gasteiger partial charge is 0.257 e. The van der Waals surface area contributed by atoms with Crippen molar-refractivity contribution in [2.24, 2.45) is 11.1 Å². The van der Waals surface area contributed by atoms with Crippen molar-refractivity contribution in [3.8, 4) is 22.6 Å². The van der Waals surface area contributed by atoms with E-state index in [0.29, 0.717) is 36.4 Å². The van der Waals surface area contributed by atoms with Crippen LogP contribution in [0, 0.1) is 5.41 Å². The van der Waals surface area contributed by atoms with E-state index in [1.165, 1.54) is 7.11 Å². The fourth-order valence-corrected chi connectivity index (χ4v) is 4.47. The maximum atomic E-state index is 13.4. The van der Waals surface area contributed by atoms with E-state index in [0.717, 1.165) is 16.7 Å². The van der Waals surface area contributed by atoms with Gasteiger partial charge in [-0.2, -0.15) is 0 Å². The maximum absolute atomic E-state index is 13.4. The van der Waals surface area contributed by atoms with E-state index < -0.39 is 11.3 Å². The maximum Gasteiger partial charge on any atom is 0.257 e. The minimum absolute atomic E-state index is 0.214. The van der Waals surface area contributed by atoms with Crippen LogP contribution in [0.3, 0.4) is 0 Å². The summed E-state index contributed by atoms with van der Waals surface area (Å²) in [6, 6.07) is 16.9. The lowest BCUT2D eigenvalue weighted by Crippen LogP contribution is -2.42. The van der Waals surface area contributed by atoms with Gasteiger partial charge >= 0.3 is 0 Å². The minimum atomic E-state index is -0.861. The number of primary amides is 1. The molecule has 0 bridgehead atoms. The molecule has 33 heavy (non-hydrogen) atoms. The molecule has 1 aliphatic heterocycles. The van der Waals surface area contributed by atoms with Crippen LogP contribution in [0.4, 0.5) is 0 Å². The van der Waals surface area contributed by atoms with Gasteiger partial charge in [-0.3, -0.25) is 14.6 Å². The third kappa shape index (κ3) is 4.39. The number of amides is 2. The van der Waals surface area contributed by atoms with Gasteiger partial charge < -0.3 is 20.1 Å². The summed E-state index contributed by atoms with van der Waals surface area (Å²) in [5.74, 6) is 0.398. The summed E-state index contributed by atoms with van der Waals surface area (Å²) in [4.78, 5) is 32.0. The summed E-state index contributed by atoms with van der Waals surface area (Å²) < 4.78 is 10.7. The molecule has 1 saturated heterocycles. The van der Waals surface area contributed by atoms with Gasteiger partial charge in [-0.25, -0.2) is 0 Å². The molecule has 0 unspecified atom stereocenters. The van der Waals surface area contributed by atoms with Crippen molar-refractivity contribution in [2.45, 2.75) is 12.8 Å². The van der Waals surface area contributed by atoms with Crippen LogP contribution in [0.2, 0.25) is 0 Å². The number of rotatable bonds is 7. The van der Waals surface area contributed by atoms with Crippen LogP contribution < -0.4 is 15.2 Å². The van der Waals surface area contributed by atoms with Gasteiger partial charge in [-0.1, -0.05) is 30.3 Å². The number of nitrogens with zero attached hydrogens (tertiary/aromatic N) is 2. The van der Waals surface area contributed by atoms with E-state index in [2.05, 4.69) is 4.98 Å². The van der Waals surface area contributed by atoms with Crippen molar-refractivity contribution in [2.75, 3.05) is 27.3 Å². The Balaban J connectivity index is 1.63. The highest BCUT2D eigenvalue weighted by atomic mass is 16.5. The molecule has 7 nitrogen and oxygen atoms in total. The molecule has 4 rings (SSSR count). The topological polar surface area (TPSA) is 94.8 Å². The van der Waals surface area contributed by atoms with Crippen molar-refractivity contribution < 1.29 is 19.1 Å². The van der Waals surface area contributed by atoms with Gasteiger partial charge in [0.25, 0.3) is 5.91 Å². The first kappa shape index (κ1) is 22.3. The zero-order valence-corrected chi connectivity index (χ0v) is 18.8. The number of ether oxygens (including phenoxy) is 2. The summed E-state index contributed by atoms with van der Waals surface area (Å²) in [6.45, 7) is 0.667. The number of methoxy groups -OCH3 is 2. The number of hydrogen-bond acceptors (Lipinski definition) is 5. The highest BCUT2D eigenvalue weighted by Crippen LogP contribution is 2.38. The van der Waals surface area contributed by atoms with E-state index in [1.54, 1.807) is 42.6 Å². The van der Waals surface area contributed by atoms with Gasteiger partial charge in [0, 0.05) is 31.0 Å².